The molecule has 0 bridgehead atoms. The van der Waals surface area contributed by atoms with E-state index in [1.54, 1.807) is 85.2 Å². The second-order valence-electron chi connectivity index (χ2n) is 16.4. The van der Waals surface area contributed by atoms with Crippen molar-refractivity contribution in [1.82, 2.24) is 9.97 Å². The summed E-state index contributed by atoms with van der Waals surface area (Å²) in [7, 11) is 3.31. The lowest BCUT2D eigenvalue weighted by Crippen LogP contribution is -2.16. The minimum atomic E-state index is -0.425. The van der Waals surface area contributed by atoms with Gasteiger partial charge in [-0.25, -0.2) is 4.99 Å². The molecule has 6 aromatic rings. The Balaban J connectivity index is -0.000000995. The normalized spacial score (nSPS) is 10.7. The van der Waals surface area contributed by atoms with Crippen LogP contribution in [0.4, 0.5) is 11.4 Å². The zero-order valence-corrected chi connectivity index (χ0v) is 55.2. The van der Waals surface area contributed by atoms with Gasteiger partial charge in [0, 0.05) is 49.1 Å². The summed E-state index contributed by atoms with van der Waals surface area (Å²) in [6.45, 7) is 19.2. The molecule has 9 N–H and O–H groups in total. The number of carbonyl (C=O) groups excluding carboxylic acids is 2. The van der Waals surface area contributed by atoms with E-state index >= 15 is 0 Å². The molecule has 22 nitrogen and oxygen atoms in total. The molecule has 0 amide bonds. The van der Waals surface area contributed by atoms with E-state index in [0.717, 1.165) is 5.33 Å². The van der Waals surface area contributed by atoms with Crippen LogP contribution in [0.5, 0.6) is 34.8 Å². The molecule has 0 saturated heterocycles. The average molecular weight is 1390 g/mol. The highest BCUT2D eigenvalue weighted by molar-refractivity contribution is 9.09. The molecule has 0 radical (unpaired) electrons. The van der Waals surface area contributed by atoms with Crippen molar-refractivity contribution >= 4 is 132 Å². The van der Waals surface area contributed by atoms with Crippen LogP contribution in [-0.2, 0) is 38.0 Å². The van der Waals surface area contributed by atoms with Crippen LogP contribution in [0.1, 0.15) is 82.6 Å². The Morgan fingerprint density at radius 3 is 1.51 bits per heavy atom. The molecule has 2 unspecified atom stereocenters. The number of halogens is 6. The first-order valence-corrected chi connectivity index (χ1v) is 29.0. The molecule has 6 rings (SSSR count). The molecule has 87 heavy (non-hydrogen) atoms. The fraction of sp³-hybridized carbons (Fsp3) is 0.424. The van der Waals surface area contributed by atoms with Crippen molar-refractivity contribution in [2.24, 2.45) is 4.99 Å². The van der Waals surface area contributed by atoms with Crippen molar-refractivity contribution in [2.45, 2.75) is 94.8 Å². The van der Waals surface area contributed by atoms with Crippen LogP contribution >= 0.6 is 74.7 Å². The first-order valence-electron chi connectivity index (χ1n) is 26.3. The number of nitrogens with one attached hydrogen (secondary N) is 3. The number of hydrogen-bond acceptors (Lipinski definition) is 20. The zero-order valence-electron chi connectivity index (χ0n) is 49.8. The van der Waals surface area contributed by atoms with Crippen LogP contribution in [0.15, 0.2) is 87.4 Å². The SMILES string of the molecule is C.CCO.CCOC(=N)CC(=O)OCC.CCOC(=O)CC(=Nc1cccc(O)c1Cl)OCC.CCOc1cc(=O)c2ccc(O)c(Cl)c2[nH]1.CCOc1cc(=O)c2ccc(OCC(C)OC)c(Cl)c2[nH]1.COC(C)CBr.Cl.Nc1cccc(O)c1Cl. The summed E-state index contributed by atoms with van der Waals surface area (Å²) in [6, 6.07) is 18.5. The molecule has 0 aliphatic carbocycles. The van der Waals surface area contributed by atoms with E-state index in [1.807, 2.05) is 27.7 Å². The number of aromatic nitrogens is 2. The number of aliphatic hydroxyl groups excluding tert-OH is 1. The van der Waals surface area contributed by atoms with Crippen LogP contribution in [0, 0.1) is 5.41 Å². The van der Waals surface area contributed by atoms with E-state index < -0.39 is 11.9 Å². The second kappa shape index (κ2) is 48.6. The van der Waals surface area contributed by atoms with E-state index in [2.05, 4.69) is 35.6 Å². The maximum absolute atomic E-state index is 12.0. The van der Waals surface area contributed by atoms with Crippen LogP contribution in [0.3, 0.4) is 0 Å². The third-order valence-electron chi connectivity index (χ3n) is 9.93. The number of phenolic OH excluding ortho intramolecular Hbond substituents is 3. The largest absolute Gasteiger partial charge is 0.506 e. The molecule has 0 saturated carbocycles. The number of esters is 2. The number of aromatic amines is 2. The molecule has 0 aliphatic rings. The van der Waals surface area contributed by atoms with Crippen molar-refractivity contribution in [3.63, 3.8) is 0 Å². The lowest BCUT2D eigenvalue weighted by Gasteiger charge is -2.14. The summed E-state index contributed by atoms with van der Waals surface area (Å²) in [4.78, 5) is 55.8. The second-order valence-corrected chi connectivity index (χ2v) is 18.6. The number of hydrogen-bond donors (Lipinski definition) is 8. The van der Waals surface area contributed by atoms with Crippen molar-refractivity contribution in [3.05, 3.63) is 113 Å². The quantitative estimate of drug-likeness (QED) is 0.0123. The van der Waals surface area contributed by atoms with Gasteiger partial charge < -0.3 is 78.8 Å². The van der Waals surface area contributed by atoms with E-state index in [4.69, 9.17) is 106 Å². The number of carbonyl (C=O) groups is 2. The molecule has 0 fully saturated rings. The number of nitrogens with zero attached hydrogens (tertiary/aromatic N) is 1. The predicted molar refractivity (Wildman–Crippen MR) is 353 cm³/mol. The Morgan fingerprint density at radius 2 is 1.07 bits per heavy atom. The summed E-state index contributed by atoms with van der Waals surface area (Å²) >= 11 is 26.9. The van der Waals surface area contributed by atoms with E-state index in [1.165, 1.54) is 36.4 Å². The number of ether oxygens (including phenoxy) is 9. The predicted octanol–water partition coefficient (Wildman–Crippen LogP) is 13.4. The standard InChI is InChI=1S/C15H18ClNO4.C13H16ClNO4.C11H10ClNO3.C7H13NO3.C6H6ClNO.C4H9BrO.C2H6O.CH4.ClH/c1-4-20-13-7-11(18)10-5-6-12(14(16)15(10)17-13)21-8-9(2)19-3;1-3-18-11(8-12(17)19-4-2)15-9-6-5-7-10(16)13(9)14;1-2-16-9-5-8(15)6-3-4-7(14)10(12)11(6)13-9;1-3-10-6(8)5-7(9)11-4-2;7-6-4(8)2-1-3-5(6)9;1-4(3-5)6-2;1-2-3;;/h5-7,9H,4,8H2,1-3H3,(H,17,18);5-7,16H,3-4,8H2,1-2H3;3-5,14H,2H2,1H3,(H,13,15);8H,3-5H2,1-2H3;1-3,9H,8H2;4H,3H2,1-2H3;3H,2H2,1H3;1H4;1H. The van der Waals surface area contributed by atoms with Crippen LogP contribution in [0.2, 0.25) is 20.1 Å². The number of phenols is 3. The third kappa shape index (κ3) is 32.9. The van der Waals surface area contributed by atoms with Crippen LogP contribution in [-0.4, -0.2) is 139 Å². The highest BCUT2D eigenvalue weighted by Crippen LogP contribution is 2.34. The zero-order chi connectivity index (χ0) is 64.6. The number of alkyl halides is 1. The van der Waals surface area contributed by atoms with Gasteiger partial charge in [0.1, 0.15) is 62.5 Å². The van der Waals surface area contributed by atoms with Crippen molar-refractivity contribution in [1.29, 1.82) is 5.41 Å². The third-order valence-corrected chi connectivity index (χ3v) is 12.4. The summed E-state index contributed by atoms with van der Waals surface area (Å²) in [5.41, 5.74) is 6.62. The minimum absolute atomic E-state index is 0. The molecule has 28 heteroatoms. The number of nitrogens with two attached hydrogens (primary N) is 1. The first kappa shape index (κ1) is 84.8. The van der Waals surface area contributed by atoms with E-state index in [0.29, 0.717) is 108 Å². The Labute approximate surface area is 542 Å². The smallest absolute Gasteiger partial charge is 0.315 e. The fourth-order valence-corrected chi connectivity index (χ4v) is 6.90. The summed E-state index contributed by atoms with van der Waals surface area (Å²) in [6.07, 6.45) is 0.158. The monoisotopic (exact) mass is 1390 g/mol. The van der Waals surface area contributed by atoms with Gasteiger partial charge in [0.15, 0.2) is 34.4 Å². The number of aromatic hydroxyl groups is 3. The highest BCUT2D eigenvalue weighted by Gasteiger charge is 2.15. The Morgan fingerprint density at radius 1 is 0.621 bits per heavy atom. The van der Waals surface area contributed by atoms with Gasteiger partial charge >= 0.3 is 11.9 Å². The number of nitrogen functional groups attached to an aromatic ring is 1. The number of benzene rings is 4. The Kier molecular flexibility index (Phi) is 47.4. The van der Waals surface area contributed by atoms with Crippen LogP contribution in [0.25, 0.3) is 21.8 Å². The molecule has 2 heterocycles. The molecule has 0 aliphatic heterocycles. The average Bonchev–Trinajstić information content (AvgIpc) is 1.39. The van der Waals surface area contributed by atoms with Gasteiger partial charge in [0.2, 0.25) is 0 Å². The van der Waals surface area contributed by atoms with Gasteiger partial charge in [-0.1, -0.05) is 81.9 Å². The number of fused-ring (bicyclic) bond motifs is 2. The number of aliphatic imine (C=N–C) groups is 1. The molecule has 488 valence electrons. The number of rotatable bonds is 19. The maximum atomic E-state index is 12.0. The minimum Gasteiger partial charge on any atom is -0.506 e. The van der Waals surface area contributed by atoms with Crippen molar-refractivity contribution < 1.29 is 72.6 Å². The molecular formula is C59H83BrCl5N5O17. The molecular weight excluding hydrogens is 1310 g/mol. The number of aliphatic hydroxyl groups is 1. The summed E-state index contributed by atoms with van der Waals surface area (Å²) in [5, 5.41) is 45.1. The van der Waals surface area contributed by atoms with Crippen LogP contribution < -0.4 is 30.8 Å². The van der Waals surface area contributed by atoms with Gasteiger partial charge in [0.05, 0.1) is 74.3 Å². The van der Waals surface area contributed by atoms with E-state index in [-0.39, 0.29) is 100 Å². The highest BCUT2D eigenvalue weighted by atomic mass is 79.9. The number of H-pyrrole nitrogens is 2. The summed E-state index contributed by atoms with van der Waals surface area (Å²) in [5.74, 6) is 0.436. The molecule has 2 atom stereocenters. The maximum Gasteiger partial charge on any atom is 0.315 e. The van der Waals surface area contributed by atoms with Gasteiger partial charge in [-0.2, -0.15) is 0 Å². The van der Waals surface area contributed by atoms with Gasteiger partial charge in [-0.05, 0) is 111 Å². The first-order chi connectivity index (χ1) is 40.4. The molecule has 4 aromatic carbocycles. The van der Waals surface area contributed by atoms with Gasteiger partial charge in [0.25, 0.3) is 0 Å². The lowest BCUT2D eigenvalue weighted by molar-refractivity contribution is -0.142. The lowest BCUT2D eigenvalue weighted by atomic mass is 10.2. The number of methoxy groups -OCH3 is 2. The Bertz CT molecular complexity index is 3080. The molecule has 2 aromatic heterocycles. The topological polar surface area (TPSA) is 326 Å². The number of anilines is 1. The van der Waals surface area contributed by atoms with Gasteiger partial charge in [-0.3, -0.25) is 24.6 Å². The van der Waals surface area contributed by atoms with Crippen molar-refractivity contribution in [2.75, 3.05) is 78.1 Å². The number of pyridine rings is 2. The Hall–Kier alpha value is -6.41. The van der Waals surface area contributed by atoms with Crippen molar-refractivity contribution in [3.8, 4) is 34.8 Å². The van der Waals surface area contributed by atoms with Gasteiger partial charge in [-0.15, -0.1) is 12.4 Å². The fourth-order valence-electron chi connectivity index (χ4n) is 5.86. The van der Waals surface area contributed by atoms with E-state index in [9.17, 15) is 29.4 Å². The summed E-state index contributed by atoms with van der Waals surface area (Å²) < 4.78 is 45.6. The molecule has 0 spiro atoms.